The summed E-state index contributed by atoms with van der Waals surface area (Å²) in [5, 5.41) is 3.46. The average Bonchev–Trinajstić information content (AvgIpc) is 2.92. The summed E-state index contributed by atoms with van der Waals surface area (Å²) in [7, 11) is 0. The molecule has 2 aliphatic rings. The summed E-state index contributed by atoms with van der Waals surface area (Å²) in [6.45, 7) is 1.39. The summed E-state index contributed by atoms with van der Waals surface area (Å²) >= 11 is 0.572. The Morgan fingerprint density at radius 3 is 2.29 bits per heavy atom. The third-order valence-electron chi connectivity index (χ3n) is 4.01. The minimum absolute atomic E-state index is 0.337. The fourth-order valence-electron chi connectivity index (χ4n) is 2.96. The highest BCUT2D eigenvalue weighted by Gasteiger charge is 2.40. The predicted octanol–water partition coefficient (Wildman–Crippen LogP) is 4.10. The first-order chi connectivity index (χ1) is 10.2. The van der Waals surface area contributed by atoms with Gasteiger partial charge >= 0.3 is 0 Å². The molecule has 1 saturated heterocycles. The number of benzene rings is 1. The zero-order valence-electron chi connectivity index (χ0n) is 11.7. The molecule has 0 bridgehead atoms. The molecule has 116 valence electrons. The Kier molecular flexibility index (Phi) is 4.66. The van der Waals surface area contributed by atoms with Crippen LogP contribution in [0.25, 0.3) is 0 Å². The number of alkyl halides is 2. The van der Waals surface area contributed by atoms with Crippen molar-refractivity contribution in [3.63, 3.8) is 0 Å². The van der Waals surface area contributed by atoms with Gasteiger partial charge in [0.2, 0.25) is 0 Å². The number of hydrogen-bond acceptors (Lipinski definition) is 4. The molecule has 1 aliphatic heterocycles. The topological polar surface area (TPSA) is 30.5 Å². The summed E-state index contributed by atoms with van der Waals surface area (Å²) in [5.74, 6) is -2.71. The molecular formula is C15H19F2NO2S. The third-order valence-corrected chi connectivity index (χ3v) is 4.73. The summed E-state index contributed by atoms with van der Waals surface area (Å²) < 4.78 is 35.9. The number of ether oxygens (including phenoxy) is 2. The number of thioether (sulfide) groups is 1. The second-order valence-corrected chi connectivity index (χ2v) is 6.49. The predicted molar refractivity (Wildman–Crippen MR) is 78.8 cm³/mol. The molecule has 1 heterocycles. The first-order valence-corrected chi connectivity index (χ1v) is 8.13. The molecule has 0 amide bonds. The van der Waals surface area contributed by atoms with E-state index < -0.39 is 5.76 Å². The van der Waals surface area contributed by atoms with Crippen LogP contribution in [0.4, 0.5) is 14.5 Å². The van der Waals surface area contributed by atoms with E-state index in [1.807, 2.05) is 12.1 Å². The Labute approximate surface area is 127 Å². The van der Waals surface area contributed by atoms with Crippen LogP contribution < -0.4 is 5.32 Å². The zero-order valence-corrected chi connectivity index (χ0v) is 12.5. The van der Waals surface area contributed by atoms with E-state index in [4.69, 9.17) is 9.47 Å². The molecule has 1 aliphatic carbocycles. The van der Waals surface area contributed by atoms with E-state index in [-0.39, 0.29) is 5.79 Å². The van der Waals surface area contributed by atoms with Crippen molar-refractivity contribution in [2.75, 3.05) is 18.5 Å². The third kappa shape index (κ3) is 3.87. The Morgan fingerprint density at radius 1 is 1.10 bits per heavy atom. The minimum atomic E-state index is -2.37. The molecule has 0 unspecified atom stereocenters. The summed E-state index contributed by atoms with van der Waals surface area (Å²) in [4.78, 5) is 0.589. The normalized spacial score (nSPS) is 22.0. The van der Waals surface area contributed by atoms with Crippen LogP contribution in [0.3, 0.4) is 0 Å². The molecule has 3 rings (SSSR count). The maximum Gasteiger partial charge on any atom is 0.288 e. The molecule has 0 atom stereocenters. The van der Waals surface area contributed by atoms with Gasteiger partial charge in [-0.3, -0.25) is 0 Å². The monoisotopic (exact) mass is 315 g/mol. The lowest BCUT2D eigenvalue weighted by molar-refractivity contribution is -0.177. The SMILES string of the molecule is FC(F)Sc1ccc(NC2CCC3(CC2)OCCO3)cc1. The van der Waals surface area contributed by atoms with Crippen molar-refractivity contribution in [3.8, 4) is 0 Å². The molecule has 1 spiro atoms. The fourth-order valence-corrected chi connectivity index (χ4v) is 3.45. The average molecular weight is 315 g/mol. The Bertz CT molecular complexity index is 453. The van der Waals surface area contributed by atoms with Crippen LogP contribution in [-0.4, -0.2) is 30.8 Å². The number of nitrogens with one attached hydrogen (secondary N) is 1. The van der Waals surface area contributed by atoms with Crippen LogP contribution in [-0.2, 0) is 9.47 Å². The van der Waals surface area contributed by atoms with Crippen LogP contribution in [0, 0.1) is 0 Å². The van der Waals surface area contributed by atoms with Crippen molar-refractivity contribution in [1.29, 1.82) is 0 Å². The molecule has 3 nitrogen and oxygen atoms in total. The van der Waals surface area contributed by atoms with Gasteiger partial charge in [-0.05, 0) is 37.1 Å². The van der Waals surface area contributed by atoms with Gasteiger partial charge in [0.15, 0.2) is 5.79 Å². The molecule has 1 aromatic rings. The highest BCUT2D eigenvalue weighted by atomic mass is 32.2. The van der Waals surface area contributed by atoms with Gasteiger partial charge in [0, 0.05) is 29.5 Å². The van der Waals surface area contributed by atoms with E-state index in [1.165, 1.54) is 0 Å². The lowest BCUT2D eigenvalue weighted by Crippen LogP contribution is -2.39. The maximum absolute atomic E-state index is 12.3. The lowest BCUT2D eigenvalue weighted by Gasteiger charge is -2.36. The van der Waals surface area contributed by atoms with E-state index >= 15 is 0 Å². The van der Waals surface area contributed by atoms with E-state index in [1.54, 1.807) is 12.1 Å². The molecule has 1 saturated carbocycles. The molecule has 6 heteroatoms. The standard InChI is InChI=1S/C15H19F2NO2S/c16-14(17)21-13-3-1-11(2-4-13)18-12-5-7-15(8-6-12)19-9-10-20-15/h1-4,12,14,18H,5-10H2. The first kappa shape index (κ1) is 15.1. The number of anilines is 1. The van der Waals surface area contributed by atoms with Crippen LogP contribution in [0.5, 0.6) is 0 Å². The van der Waals surface area contributed by atoms with E-state index in [0.717, 1.165) is 31.4 Å². The van der Waals surface area contributed by atoms with Crippen LogP contribution in [0.2, 0.25) is 0 Å². The van der Waals surface area contributed by atoms with Gasteiger partial charge in [-0.1, -0.05) is 11.8 Å². The first-order valence-electron chi connectivity index (χ1n) is 7.25. The van der Waals surface area contributed by atoms with Gasteiger partial charge in [0.05, 0.1) is 13.2 Å². The van der Waals surface area contributed by atoms with E-state index in [2.05, 4.69) is 5.32 Å². The van der Waals surface area contributed by atoms with Crippen molar-refractivity contribution >= 4 is 17.4 Å². The molecule has 1 aromatic carbocycles. The minimum Gasteiger partial charge on any atom is -0.382 e. The van der Waals surface area contributed by atoms with Crippen molar-refractivity contribution in [2.24, 2.45) is 0 Å². The summed E-state index contributed by atoms with van der Waals surface area (Å²) in [5.41, 5.74) is 0.975. The summed E-state index contributed by atoms with van der Waals surface area (Å²) in [6, 6.07) is 7.56. The Morgan fingerprint density at radius 2 is 1.71 bits per heavy atom. The fraction of sp³-hybridized carbons (Fsp3) is 0.600. The largest absolute Gasteiger partial charge is 0.382 e. The van der Waals surface area contributed by atoms with Gasteiger partial charge in [-0.2, -0.15) is 8.78 Å². The smallest absolute Gasteiger partial charge is 0.288 e. The molecule has 2 fully saturated rings. The molecule has 1 N–H and O–H groups in total. The van der Waals surface area contributed by atoms with E-state index in [0.29, 0.717) is 35.9 Å². The van der Waals surface area contributed by atoms with Crippen molar-refractivity contribution in [2.45, 2.75) is 48.2 Å². The van der Waals surface area contributed by atoms with Gasteiger partial charge in [-0.25, -0.2) is 0 Å². The lowest BCUT2D eigenvalue weighted by atomic mass is 9.90. The maximum atomic E-state index is 12.3. The summed E-state index contributed by atoms with van der Waals surface area (Å²) in [6.07, 6.45) is 3.80. The quantitative estimate of drug-likeness (QED) is 0.848. The van der Waals surface area contributed by atoms with Gasteiger partial charge in [0.1, 0.15) is 0 Å². The van der Waals surface area contributed by atoms with Crippen molar-refractivity contribution < 1.29 is 18.3 Å². The second kappa shape index (κ2) is 6.50. The van der Waals surface area contributed by atoms with Crippen molar-refractivity contribution in [1.82, 2.24) is 0 Å². The molecular weight excluding hydrogens is 296 g/mol. The molecule has 21 heavy (non-hydrogen) atoms. The van der Waals surface area contributed by atoms with Gasteiger partial charge < -0.3 is 14.8 Å². The highest BCUT2D eigenvalue weighted by molar-refractivity contribution is 7.99. The Balaban J connectivity index is 1.51. The van der Waals surface area contributed by atoms with Gasteiger partial charge in [-0.15, -0.1) is 0 Å². The van der Waals surface area contributed by atoms with Crippen molar-refractivity contribution in [3.05, 3.63) is 24.3 Å². The highest BCUT2D eigenvalue weighted by Crippen LogP contribution is 2.36. The molecule has 0 radical (unpaired) electrons. The molecule has 0 aromatic heterocycles. The number of halogens is 2. The number of hydrogen-bond donors (Lipinski definition) is 1. The second-order valence-electron chi connectivity index (χ2n) is 5.43. The number of rotatable bonds is 4. The van der Waals surface area contributed by atoms with Crippen LogP contribution in [0.1, 0.15) is 25.7 Å². The Hall–Kier alpha value is -0.850. The zero-order chi connectivity index (χ0) is 14.7. The van der Waals surface area contributed by atoms with Crippen LogP contribution in [0.15, 0.2) is 29.2 Å². The van der Waals surface area contributed by atoms with Gasteiger partial charge in [0.25, 0.3) is 5.76 Å². The van der Waals surface area contributed by atoms with Crippen LogP contribution >= 0.6 is 11.8 Å². The van der Waals surface area contributed by atoms with E-state index in [9.17, 15) is 8.78 Å².